The molecule has 1 unspecified atom stereocenters. The van der Waals surface area contributed by atoms with Crippen LogP contribution in [-0.2, 0) is 0 Å². The molecule has 0 aromatic heterocycles. The normalized spacial score (nSPS) is 13.4. The van der Waals surface area contributed by atoms with E-state index < -0.39 is 0 Å². The Kier molecular flexibility index (Phi) is 8.73. The van der Waals surface area contributed by atoms with E-state index in [0.29, 0.717) is 5.41 Å². The lowest BCUT2D eigenvalue weighted by Crippen LogP contribution is -2.53. The summed E-state index contributed by atoms with van der Waals surface area (Å²) in [7, 11) is 3.93. The van der Waals surface area contributed by atoms with Gasteiger partial charge < -0.3 is 5.32 Å². The van der Waals surface area contributed by atoms with E-state index in [-0.39, 0.29) is 6.29 Å². The zero-order valence-electron chi connectivity index (χ0n) is 12.5. The highest BCUT2D eigenvalue weighted by Gasteiger charge is 2.13. The van der Waals surface area contributed by atoms with E-state index in [0.717, 1.165) is 26.1 Å². The molecule has 0 aliphatic carbocycles. The van der Waals surface area contributed by atoms with E-state index in [4.69, 9.17) is 5.26 Å². The average Bonchev–Trinajstić information content (AvgIpc) is 2.28. The van der Waals surface area contributed by atoms with Crippen LogP contribution in [0.25, 0.3) is 0 Å². The molecule has 0 fully saturated rings. The van der Waals surface area contributed by atoms with Crippen LogP contribution in [0.5, 0.6) is 0 Å². The minimum absolute atomic E-state index is 0.0803. The first kappa shape index (κ1) is 17.2. The minimum Gasteiger partial charge on any atom is -0.318 e. The van der Waals surface area contributed by atoms with Crippen molar-refractivity contribution in [2.45, 2.75) is 39.9 Å². The molecular formula is C13H29N5. The molecule has 3 N–H and O–H groups in total. The predicted molar refractivity (Wildman–Crippen MR) is 75.8 cm³/mol. The van der Waals surface area contributed by atoms with Gasteiger partial charge in [0.05, 0.1) is 0 Å². The van der Waals surface area contributed by atoms with Crippen molar-refractivity contribution in [3.8, 4) is 6.19 Å². The van der Waals surface area contributed by atoms with Crippen LogP contribution in [0.15, 0.2) is 0 Å². The third kappa shape index (κ3) is 9.23. The quantitative estimate of drug-likeness (QED) is 0.247. The molecule has 0 radical (unpaired) electrons. The summed E-state index contributed by atoms with van der Waals surface area (Å²) in [5.41, 5.74) is 0.373. The lowest BCUT2D eigenvalue weighted by atomic mass is 9.91. The highest BCUT2D eigenvalue weighted by Crippen LogP contribution is 2.19. The van der Waals surface area contributed by atoms with Gasteiger partial charge in [0, 0.05) is 13.1 Å². The van der Waals surface area contributed by atoms with Gasteiger partial charge in [-0.15, -0.1) is 0 Å². The zero-order valence-corrected chi connectivity index (χ0v) is 12.5. The van der Waals surface area contributed by atoms with Crippen molar-refractivity contribution in [2.75, 3.05) is 33.7 Å². The van der Waals surface area contributed by atoms with Gasteiger partial charge in [-0.25, -0.2) is 0 Å². The Labute approximate surface area is 112 Å². The fraction of sp³-hybridized carbons (Fsp3) is 0.923. The first-order valence-electron chi connectivity index (χ1n) is 6.63. The number of nitrogens with one attached hydrogen (secondary N) is 3. The maximum absolute atomic E-state index is 8.75. The van der Waals surface area contributed by atoms with E-state index in [1.807, 2.05) is 20.3 Å². The van der Waals surface area contributed by atoms with Crippen LogP contribution in [0.1, 0.15) is 33.6 Å². The van der Waals surface area contributed by atoms with Gasteiger partial charge >= 0.3 is 0 Å². The van der Waals surface area contributed by atoms with Gasteiger partial charge in [0.2, 0.25) is 0 Å². The maximum Gasteiger partial charge on any atom is 0.178 e. The van der Waals surface area contributed by atoms with E-state index in [1.54, 1.807) is 0 Å². The molecule has 106 valence electrons. The highest BCUT2D eigenvalue weighted by atomic mass is 15.4. The lowest BCUT2D eigenvalue weighted by Gasteiger charge is -2.28. The largest absolute Gasteiger partial charge is 0.318 e. The molecule has 1 atom stereocenters. The van der Waals surface area contributed by atoms with E-state index >= 15 is 0 Å². The van der Waals surface area contributed by atoms with Crippen molar-refractivity contribution in [2.24, 2.45) is 5.41 Å². The zero-order chi connectivity index (χ0) is 14.0. The number of hydrogen-bond acceptors (Lipinski definition) is 5. The molecule has 0 aliphatic rings. The maximum atomic E-state index is 8.75. The van der Waals surface area contributed by atoms with Crippen molar-refractivity contribution in [1.82, 2.24) is 20.9 Å². The fourth-order valence-corrected chi connectivity index (χ4v) is 1.65. The third-order valence-corrected chi connectivity index (χ3v) is 2.80. The van der Waals surface area contributed by atoms with E-state index in [9.17, 15) is 0 Å². The Morgan fingerprint density at radius 3 is 2.44 bits per heavy atom. The summed E-state index contributed by atoms with van der Waals surface area (Å²) < 4.78 is 0. The van der Waals surface area contributed by atoms with Gasteiger partial charge in [-0.1, -0.05) is 20.8 Å². The molecular weight excluding hydrogens is 226 g/mol. The van der Waals surface area contributed by atoms with Crippen LogP contribution in [0.4, 0.5) is 0 Å². The predicted octanol–water partition coefficient (Wildman–Crippen LogP) is 0.908. The van der Waals surface area contributed by atoms with Crippen molar-refractivity contribution >= 4 is 0 Å². The standard InChI is InChI=1S/C13H29N5/c1-13(2,3)7-6-8-16-12(17-11-14)18(5)10-9-15-4/h12,15-17H,6-10H2,1-5H3. The van der Waals surface area contributed by atoms with Crippen LogP contribution in [0, 0.1) is 16.9 Å². The Hall–Kier alpha value is -0.830. The highest BCUT2D eigenvalue weighted by molar-refractivity contribution is 4.75. The van der Waals surface area contributed by atoms with Crippen LogP contribution < -0.4 is 16.0 Å². The van der Waals surface area contributed by atoms with E-state index in [1.165, 1.54) is 6.42 Å². The van der Waals surface area contributed by atoms with Crippen LogP contribution in [0.3, 0.4) is 0 Å². The van der Waals surface area contributed by atoms with Gasteiger partial charge in [-0.05, 0) is 38.9 Å². The van der Waals surface area contributed by atoms with Crippen molar-refractivity contribution < 1.29 is 0 Å². The molecule has 0 saturated carbocycles. The van der Waals surface area contributed by atoms with Crippen LogP contribution in [-0.4, -0.2) is 44.9 Å². The summed E-state index contributed by atoms with van der Waals surface area (Å²) >= 11 is 0. The molecule has 0 saturated heterocycles. The molecule has 0 amide bonds. The summed E-state index contributed by atoms with van der Waals surface area (Å²) in [6.45, 7) is 9.46. The Morgan fingerprint density at radius 2 is 1.94 bits per heavy atom. The van der Waals surface area contributed by atoms with Gasteiger partial charge in [-0.3, -0.25) is 15.5 Å². The molecule has 0 spiro atoms. The summed E-state index contributed by atoms with van der Waals surface area (Å²) in [5, 5.41) is 18.0. The molecule has 0 aromatic carbocycles. The smallest absolute Gasteiger partial charge is 0.178 e. The topological polar surface area (TPSA) is 63.1 Å². The molecule has 0 bridgehead atoms. The van der Waals surface area contributed by atoms with E-state index in [2.05, 4.69) is 41.6 Å². The number of hydrogen-bond donors (Lipinski definition) is 3. The first-order valence-corrected chi connectivity index (χ1v) is 6.63. The van der Waals surface area contributed by atoms with Crippen molar-refractivity contribution in [3.63, 3.8) is 0 Å². The molecule has 5 heteroatoms. The first-order chi connectivity index (χ1) is 8.40. The molecule has 0 aromatic rings. The Bertz CT molecular complexity index is 241. The Balaban J connectivity index is 3.93. The Morgan fingerprint density at radius 1 is 1.28 bits per heavy atom. The van der Waals surface area contributed by atoms with Gasteiger partial charge in [0.25, 0.3) is 0 Å². The third-order valence-electron chi connectivity index (χ3n) is 2.80. The van der Waals surface area contributed by atoms with Crippen molar-refractivity contribution in [3.05, 3.63) is 0 Å². The van der Waals surface area contributed by atoms with Crippen molar-refractivity contribution in [1.29, 1.82) is 5.26 Å². The van der Waals surface area contributed by atoms with Gasteiger partial charge in [0.15, 0.2) is 6.19 Å². The fourth-order valence-electron chi connectivity index (χ4n) is 1.65. The number of likely N-dealkylation sites (N-methyl/N-ethyl adjacent to an activating group) is 2. The second-order valence-electron chi connectivity index (χ2n) is 5.86. The SMILES string of the molecule is CNCCN(C)C(NC#N)NCCCC(C)(C)C. The monoisotopic (exact) mass is 255 g/mol. The minimum atomic E-state index is -0.0803. The van der Waals surface area contributed by atoms with Crippen LogP contribution in [0.2, 0.25) is 0 Å². The number of nitrogens with zero attached hydrogens (tertiary/aromatic N) is 2. The summed E-state index contributed by atoms with van der Waals surface area (Å²) in [6, 6.07) is 0. The molecule has 18 heavy (non-hydrogen) atoms. The second kappa shape index (κ2) is 9.15. The van der Waals surface area contributed by atoms with Gasteiger partial charge in [0.1, 0.15) is 6.29 Å². The summed E-state index contributed by atoms with van der Waals surface area (Å²) in [6.07, 6.45) is 4.23. The average molecular weight is 255 g/mol. The molecule has 0 aliphatic heterocycles. The molecule has 0 heterocycles. The molecule has 5 nitrogen and oxygen atoms in total. The molecule has 0 rings (SSSR count). The number of nitriles is 1. The summed E-state index contributed by atoms with van der Waals surface area (Å²) in [5.74, 6) is 0. The summed E-state index contributed by atoms with van der Waals surface area (Å²) in [4.78, 5) is 2.09. The number of rotatable bonds is 9. The van der Waals surface area contributed by atoms with Gasteiger partial charge in [-0.2, -0.15) is 5.26 Å². The second-order valence-corrected chi connectivity index (χ2v) is 5.86. The van der Waals surface area contributed by atoms with Crippen LogP contribution >= 0.6 is 0 Å². The lowest BCUT2D eigenvalue weighted by molar-refractivity contribution is 0.184.